The molecule has 1 fully saturated rings. The van der Waals surface area contributed by atoms with Gasteiger partial charge in [0.15, 0.2) is 0 Å². The molecule has 0 bridgehead atoms. The van der Waals surface area contributed by atoms with Crippen molar-refractivity contribution in [3.8, 4) is 0 Å². The Balaban J connectivity index is 1.57. The topological polar surface area (TPSA) is 81.8 Å². The van der Waals surface area contributed by atoms with Crippen LogP contribution in [0.1, 0.15) is 29.8 Å². The van der Waals surface area contributed by atoms with E-state index in [1.165, 1.54) is 13.1 Å². The first-order valence-electron chi connectivity index (χ1n) is 10.2. The molecule has 8 heteroatoms. The van der Waals surface area contributed by atoms with Crippen molar-refractivity contribution in [2.45, 2.75) is 31.3 Å². The maximum absolute atomic E-state index is 12.5. The van der Waals surface area contributed by atoms with Gasteiger partial charge < -0.3 is 10.2 Å². The maximum Gasteiger partial charge on any atom is 0.251 e. The van der Waals surface area contributed by atoms with Crippen LogP contribution in [0.2, 0.25) is 0 Å². The lowest BCUT2D eigenvalue weighted by Gasteiger charge is -2.38. The number of carbonyl (C=O) groups excluding carboxylic acids is 1. The highest BCUT2D eigenvalue weighted by Crippen LogP contribution is 2.18. The van der Waals surface area contributed by atoms with Crippen molar-refractivity contribution in [1.82, 2.24) is 14.9 Å². The van der Waals surface area contributed by atoms with Crippen LogP contribution in [0, 0.1) is 0 Å². The molecule has 0 aliphatic carbocycles. The summed E-state index contributed by atoms with van der Waals surface area (Å²) in [5, 5.41) is 2.85. The van der Waals surface area contributed by atoms with Gasteiger partial charge >= 0.3 is 0 Å². The molecule has 1 amide bonds. The number of hydrogen-bond donors (Lipinski definition) is 2. The van der Waals surface area contributed by atoms with Crippen molar-refractivity contribution in [2.24, 2.45) is 0 Å². The predicted molar refractivity (Wildman–Crippen MR) is 119 cm³/mol. The second-order valence-corrected chi connectivity index (χ2v) is 9.59. The van der Waals surface area contributed by atoms with Gasteiger partial charge in [-0.2, -0.15) is 0 Å². The van der Waals surface area contributed by atoms with Crippen molar-refractivity contribution in [1.29, 1.82) is 0 Å². The van der Waals surface area contributed by atoms with Crippen LogP contribution in [0.5, 0.6) is 0 Å². The molecule has 0 radical (unpaired) electrons. The van der Waals surface area contributed by atoms with Crippen LogP contribution in [-0.2, 0) is 16.6 Å². The highest BCUT2D eigenvalue weighted by Gasteiger charge is 2.19. The number of amides is 1. The van der Waals surface area contributed by atoms with Crippen LogP contribution in [0.3, 0.4) is 0 Å². The van der Waals surface area contributed by atoms with E-state index < -0.39 is 10.0 Å². The highest BCUT2D eigenvalue weighted by atomic mass is 32.2. The summed E-state index contributed by atoms with van der Waals surface area (Å²) in [6.07, 6.45) is 0. The smallest absolute Gasteiger partial charge is 0.251 e. The zero-order valence-electron chi connectivity index (χ0n) is 17.8. The van der Waals surface area contributed by atoms with Gasteiger partial charge in [-0.25, -0.2) is 13.1 Å². The van der Waals surface area contributed by atoms with E-state index >= 15 is 0 Å². The number of nitrogens with zero attached hydrogens (tertiary/aromatic N) is 2. The number of anilines is 1. The van der Waals surface area contributed by atoms with Crippen LogP contribution in [0.25, 0.3) is 0 Å². The third kappa shape index (κ3) is 5.38. The third-order valence-corrected chi connectivity index (χ3v) is 6.88. The molecule has 3 rings (SSSR count). The van der Waals surface area contributed by atoms with Crippen LogP contribution in [0.4, 0.5) is 5.69 Å². The Bertz CT molecular complexity index is 966. The number of benzene rings is 2. The fourth-order valence-corrected chi connectivity index (χ4v) is 4.34. The van der Waals surface area contributed by atoms with Gasteiger partial charge in [0.1, 0.15) is 0 Å². The lowest BCUT2D eigenvalue weighted by atomic mass is 10.1. The highest BCUT2D eigenvalue weighted by molar-refractivity contribution is 7.89. The second-order valence-electron chi connectivity index (χ2n) is 7.70. The Morgan fingerprint density at radius 1 is 1.03 bits per heavy atom. The van der Waals surface area contributed by atoms with E-state index in [0.29, 0.717) is 11.6 Å². The zero-order valence-corrected chi connectivity index (χ0v) is 18.6. The number of carbonyl (C=O) groups is 1. The minimum Gasteiger partial charge on any atom is -0.369 e. The van der Waals surface area contributed by atoms with Crippen LogP contribution < -0.4 is 14.9 Å². The van der Waals surface area contributed by atoms with E-state index in [-0.39, 0.29) is 17.3 Å². The van der Waals surface area contributed by atoms with E-state index in [9.17, 15) is 13.2 Å². The molecule has 1 aliphatic rings. The number of sulfonamides is 1. The maximum atomic E-state index is 12.5. The van der Waals surface area contributed by atoms with E-state index in [1.807, 2.05) is 24.3 Å². The minimum absolute atomic E-state index is 0.179. The van der Waals surface area contributed by atoms with Crippen LogP contribution in [-0.4, -0.2) is 58.5 Å². The first kappa shape index (κ1) is 22.3. The molecule has 1 aliphatic heterocycles. The predicted octanol–water partition coefficient (Wildman–Crippen LogP) is 2.06. The average molecular weight is 431 g/mol. The molecule has 0 atom stereocenters. The molecule has 162 valence electrons. The van der Waals surface area contributed by atoms with Crippen molar-refractivity contribution < 1.29 is 13.2 Å². The van der Waals surface area contributed by atoms with Crippen molar-refractivity contribution in [3.05, 3.63) is 59.7 Å². The average Bonchev–Trinajstić information content (AvgIpc) is 2.78. The number of hydrogen-bond acceptors (Lipinski definition) is 5. The van der Waals surface area contributed by atoms with Gasteiger partial charge in [0.25, 0.3) is 5.91 Å². The Morgan fingerprint density at radius 2 is 1.70 bits per heavy atom. The Hall–Kier alpha value is -2.42. The first-order chi connectivity index (χ1) is 14.3. The third-order valence-electron chi connectivity index (χ3n) is 5.47. The molecular weight excluding hydrogens is 400 g/mol. The Labute approximate surface area is 179 Å². The Morgan fingerprint density at radius 3 is 2.30 bits per heavy atom. The summed E-state index contributed by atoms with van der Waals surface area (Å²) in [4.78, 5) is 17.5. The largest absolute Gasteiger partial charge is 0.369 e. The number of nitrogens with one attached hydrogen (secondary N) is 2. The molecule has 1 saturated heterocycles. The molecule has 2 N–H and O–H groups in total. The summed E-state index contributed by atoms with van der Waals surface area (Å²) in [7, 11) is -2.13. The molecule has 30 heavy (non-hydrogen) atoms. The molecule has 0 saturated carbocycles. The van der Waals surface area contributed by atoms with Gasteiger partial charge in [0.05, 0.1) is 4.90 Å². The fourth-order valence-electron chi connectivity index (χ4n) is 3.55. The summed E-state index contributed by atoms with van der Waals surface area (Å²) >= 11 is 0. The second kappa shape index (κ2) is 9.59. The van der Waals surface area contributed by atoms with E-state index in [0.717, 1.165) is 37.4 Å². The number of rotatable bonds is 7. The minimum atomic E-state index is -3.51. The molecule has 0 aromatic heterocycles. The molecule has 2 aromatic carbocycles. The summed E-state index contributed by atoms with van der Waals surface area (Å²) in [5.74, 6) is -0.187. The van der Waals surface area contributed by atoms with E-state index in [2.05, 4.69) is 33.7 Å². The lowest BCUT2D eigenvalue weighted by Crippen LogP contribution is -2.48. The van der Waals surface area contributed by atoms with E-state index in [4.69, 9.17) is 0 Å². The quantitative estimate of drug-likeness (QED) is 0.703. The van der Waals surface area contributed by atoms with Gasteiger partial charge in [-0.05, 0) is 62.9 Å². The molecule has 2 aromatic rings. The Kier molecular flexibility index (Phi) is 7.12. The number of piperazine rings is 1. The van der Waals surface area contributed by atoms with Gasteiger partial charge in [-0.3, -0.25) is 9.69 Å². The standard InChI is InChI=1S/C22H30N4O3S/c1-17(2)25-11-13-26(14-12-25)20-9-7-19(8-10-20)22(27)24-16-18-5-4-6-21(15-18)30(28,29)23-3/h4-10,15,17,23H,11-14,16H2,1-3H3,(H,24,27). The monoisotopic (exact) mass is 430 g/mol. The van der Waals surface area contributed by atoms with Crippen LogP contribution in [0.15, 0.2) is 53.4 Å². The van der Waals surface area contributed by atoms with Gasteiger partial charge in [-0.15, -0.1) is 0 Å². The lowest BCUT2D eigenvalue weighted by molar-refractivity contribution is 0.0951. The SMILES string of the molecule is CNS(=O)(=O)c1cccc(CNC(=O)c2ccc(N3CCN(C(C)C)CC3)cc2)c1. The molecule has 0 spiro atoms. The zero-order chi connectivity index (χ0) is 21.7. The van der Waals surface area contributed by atoms with Crippen molar-refractivity contribution in [2.75, 3.05) is 38.1 Å². The summed E-state index contributed by atoms with van der Waals surface area (Å²) in [5.41, 5.74) is 2.43. The normalized spacial score (nSPS) is 15.4. The summed E-state index contributed by atoms with van der Waals surface area (Å²) < 4.78 is 26.1. The van der Waals surface area contributed by atoms with Crippen molar-refractivity contribution in [3.63, 3.8) is 0 Å². The molecule has 0 unspecified atom stereocenters. The first-order valence-corrected chi connectivity index (χ1v) is 11.7. The summed E-state index contributed by atoms with van der Waals surface area (Å²) in [6, 6.07) is 14.7. The van der Waals surface area contributed by atoms with Gasteiger partial charge in [0.2, 0.25) is 10.0 Å². The van der Waals surface area contributed by atoms with E-state index in [1.54, 1.807) is 18.2 Å². The molecular formula is C22H30N4O3S. The van der Waals surface area contributed by atoms with Gasteiger partial charge in [0, 0.05) is 50.0 Å². The summed E-state index contributed by atoms with van der Waals surface area (Å²) in [6.45, 7) is 8.75. The fraction of sp³-hybridized carbons (Fsp3) is 0.409. The molecule has 1 heterocycles. The van der Waals surface area contributed by atoms with Crippen LogP contribution >= 0.6 is 0 Å². The van der Waals surface area contributed by atoms with Crippen molar-refractivity contribution >= 4 is 21.6 Å². The van der Waals surface area contributed by atoms with Gasteiger partial charge in [-0.1, -0.05) is 12.1 Å². The molecule has 7 nitrogen and oxygen atoms in total.